The number of hydrogen-bond donors (Lipinski definition) is 1. The first-order valence-electron chi connectivity index (χ1n) is 8.96. The van der Waals surface area contributed by atoms with Gasteiger partial charge in [0.25, 0.3) is 0 Å². The van der Waals surface area contributed by atoms with Gasteiger partial charge in [-0.05, 0) is 18.6 Å². The van der Waals surface area contributed by atoms with Gasteiger partial charge in [-0.1, -0.05) is 12.1 Å². The molecule has 1 aromatic heterocycles. The first-order valence-corrected chi connectivity index (χ1v) is 8.96. The Hall–Kier alpha value is -2.54. The minimum absolute atomic E-state index is 0.123. The Bertz CT molecular complexity index is 758. The summed E-state index contributed by atoms with van der Waals surface area (Å²) in [7, 11) is 3.50. The summed E-state index contributed by atoms with van der Waals surface area (Å²) in [5.41, 5.74) is 1.05. The molecule has 0 spiro atoms. The molecule has 1 N–H and O–H groups in total. The zero-order chi connectivity index (χ0) is 17.9. The van der Waals surface area contributed by atoms with Gasteiger partial charge in [-0.2, -0.15) is 4.98 Å². The van der Waals surface area contributed by atoms with Crippen LogP contribution in [0.4, 0.5) is 11.8 Å². The predicted molar refractivity (Wildman–Crippen MR) is 99.4 cm³/mol. The van der Waals surface area contributed by atoms with Gasteiger partial charge in [0, 0.05) is 25.6 Å². The molecule has 138 valence electrons. The number of hydrogen-bond acceptors (Lipinski definition) is 7. The van der Waals surface area contributed by atoms with Crippen molar-refractivity contribution in [3.63, 3.8) is 0 Å². The van der Waals surface area contributed by atoms with Crippen molar-refractivity contribution < 1.29 is 14.2 Å². The van der Waals surface area contributed by atoms with Crippen molar-refractivity contribution in [3.05, 3.63) is 36.0 Å². The fraction of sp³-hybridized carbons (Fsp3) is 0.474. The lowest BCUT2D eigenvalue weighted by Gasteiger charge is -2.40. The largest absolute Gasteiger partial charge is 0.493 e. The van der Waals surface area contributed by atoms with Gasteiger partial charge in [0.1, 0.15) is 11.9 Å². The van der Waals surface area contributed by atoms with Crippen molar-refractivity contribution in [2.75, 3.05) is 50.7 Å². The smallest absolute Gasteiger partial charge is 0.224 e. The maximum atomic E-state index is 6.06. The van der Waals surface area contributed by atoms with E-state index < -0.39 is 0 Å². The molecule has 0 radical (unpaired) electrons. The molecule has 26 heavy (non-hydrogen) atoms. The second kappa shape index (κ2) is 7.37. The van der Waals surface area contributed by atoms with Gasteiger partial charge in [0.2, 0.25) is 5.95 Å². The minimum Gasteiger partial charge on any atom is -0.493 e. The van der Waals surface area contributed by atoms with Gasteiger partial charge < -0.3 is 24.4 Å². The van der Waals surface area contributed by atoms with Crippen LogP contribution in [0.3, 0.4) is 0 Å². The molecule has 0 saturated carbocycles. The summed E-state index contributed by atoms with van der Waals surface area (Å²) in [6.07, 6.45) is 1.14. The van der Waals surface area contributed by atoms with Crippen LogP contribution in [0.25, 0.3) is 0 Å². The molecule has 1 aromatic carbocycles. The van der Waals surface area contributed by atoms with Crippen LogP contribution in [0, 0.1) is 0 Å². The molecule has 2 fully saturated rings. The van der Waals surface area contributed by atoms with E-state index in [0.717, 1.165) is 55.7 Å². The molecule has 2 saturated heterocycles. The summed E-state index contributed by atoms with van der Waals surface area (Å²) in [5.74, 6) is 3.48. The van der Waals surface area contributed by atoms with Crippen LogP contribution in [0.2, 0.25) is 0 Å². The third-order valence-corrected chi connectivity index (χ3v) is 4.84. The Morgan fingerprint density at radius 3 is 2.69 bits per heavy atom. The molecule has 7 nitrogen and oxygen atoms in total. The second-order valence-electron chi connectivity index (χ2n) is 6.58. The van der Waals surface area contributed by atoms with Crippen LogP contribution in [-0.2, 0) is 4.74 Å². The standard InChI is InChI=1S/C19H24N4O3/c1-20-19-21-15(13-7-8-25-12-13)9-18(22-19)23-10-14(11-23)26-17-6-4-3-5-16(17)24-2/h3-6,9,13-14H,7-8,10-12H2,1-2H3,(H,20,21,22)/t13-/m0/s1. The van der Waals surface area contributed by atoms with Crippen molar-refractivity contribution in [2.24, 2.45) is 0 Å². The van der Waals surface area contributed by atoms with Crippen LogP contribution < -0.4 is 19.7 Å². The van der Waals surface area contributed by atoms with Crippen molar-refractivity contribution in [2.45, 2.75) is 18.4 Å². The molecule has 0 amide bonds. The van der Waals surface area contributed by atoms with Gasteiger partial charge in [-0.15, -0.1) is 0 Å². The van der Waals surface area contributed by atoms with E-state index in [1.807, 2.05) is 31.3 Å². The fourth-order valence-corrected chi connectivity index (χ4v) is 3.30. The zero-order valence-electron chi connectivity index (χ0n) is 15.1. The molecule has 4 rings (SSSR count). The van der Waals surface area contributed by atoms with Crippen LogP contribution in [-0.4, -0.2) is 56.5 Å². The molecule has 0 bridgehead atoms. The summed E-state index contributed by atoms with van der Waals surface area (Å²) in [6, 6.07) is 9.81. The van der Waals surface area contributed by atoms with E-state index in [2.05, 4.69) is 26.3 Å². The Morgan fingerprint density at radius 1 is 1.19 bits per heavy atom. The third kappa shape index (κ3) is 3.39. The first-order chi connectivity index (χ1) is 12.8. The highest BCUT2D eigenvalue weighted by Crippen LogP contribution is 2.32. The lowest BCUT2D eigenvalue weighted by molar-refractivity contribution is 0.160. The molecular formula is C19H24N4O3. The lowest BCUT2D eigenvalue weighted by atomic mass is 10.0. The average Bonchev–Trinajstić information content (AvgIpc) is 3.19. The summed E-state index contributed by atoms with van der Waals surface area (Å²) in [5, 5.41) is 3.06. The molecular weight excluding hydrogens is 332 g/mol. The Labute approximate surface area is 153 Å². The number of anilines is 2. The highest BCUT2D eigenvalue weighted by atomic mass is 16.5. The minimum atomic E-state index is 0.123. The van der Waals surface area contributed by atoms with E-state index in [-0.39, 0.29) is 6.10 Å². The number of methoxy groups -OCH3 is 1. The van der Waals surface area contributed by atoms with Gasteiger partial charge in [0.05, 0.1) is 32.5 Å². The topological polar surface area (TPSA) is 68.7 Å². The molecule has 7 heteroatoms. The number of rotatable bonds is 6. The molecule has 2 aliphatic rings. The lowest BCUT2D eigenvalue weighted by Crippen LogP contribution is -2.54. The quantitative estimate of drug-likeness (QED) is 0.852. The van der Waals surface area contributed by atoms with Crippen LogP contribution in [0.15, 0.2) is 30.3 Å². The Kier molecular flexibility index (Phi) is 4.79. The maximum absolute atomic E-state index is 6.06. The molecule has 0 aliphatic carbocycles. The number of nitrogens with one attached hydrogen (secondary N) is 1. The number of nitrogens with zero attached hydrogens (tertiary/aromatic N) is 3. The van der Waals surface area contributed by atoms with Crippen molar-refractivity contribution >= 4 is 11.8 Å². The number of aromatic nitrogens is 2. The van der Waals surface area contributed by atoms with E-state index in [4.69, 9.17) is 14.2 Å². The molecule has 2 aliphatic heterocycles. The van der Waals surface area contributed by atoms with E-state index >= 15 is 0 Å². The normalized spacial score (nSPS) is 19.9. The first kappa shape index (κ1) is 16.9. The predicted octanol–water partition coefficient (Wildman–Crippen LogP) is 2.30. The number of para-hydroxylation sites is 2. The van der Waals surface area contributed by atoms with E-state index in [9.17, 15) is 0 Å². The monoisotopic (exact) mass is 356 g/mol. The second-order valence-corrected chi connectivity index (χ2v) is 6.58. The summed E-state index contributed by atoms with van der Waals surface area (Å²) < 4.78 is 16.9. The molecule has 3 heterocycles. The van der Waals surface area contributed by atoms with Crippen molar-refractivity contribution in [1.29, 1.82) is 0 Å². The van der Waals surface area contributed by atoms with Crippen molar-refractivity contribution in [3.8, 4) is 11.5 Å². The Balaban J connectivity index is 1.44. The highest BCUT2D eigenvalue weighted by Gasteiger charge is 2.31. The van der Waals surface area contributed by atoms with Crippen LogP contribution in [0.1, 0.15) is 18.0 Å². The van der Waals surface area contributed by atoms with Gasteiger partial charge in [-0.3, -0.25) is 0 Å². The van der Waals surface area contributed by atoms with Crippen LogP contribution in [0.5, 0.6) is 11.5 Å². The zero-order valence-corrected chi connectivity index (χ0v) is 15.1. The van der Waals surface area contributed by atoms with Crippen molar-refractivity contribution in [1.82, 2.24) is 9.97 Å². The molecule has 0 unspecified atom stereocenters. The summed E-state index contributed by atoms with van der Waals surface area (Å²) in [4.78, 5) is 11.4. The molecule has 1 atom stereocenters. The highest BCUT2D eigenvalue weighted by molar-refractivity contribution is 5.49. The van der Waals surface area contributed by atoms with E-state index in [1.54, 1.807) is 7.11 Å². The third-order valence-electron chi connectivity index (χ3n) is 4.84. The summed E-state index contributed by atoms with van der Waals surface area (Å²) >= 11 is 0. The Morgan fingerprint density at radius 2 is 2.00 bits per heavy atom. The summed E-state index contributed by atoms with van der Waals surface area (Å²) in [6.45, 7) is 3.12. The molecule has 2 aromatic rings. The van der Waals surface area contributed by atoms with Gasteiger partial charge in [-0.25, -0.2) is 4.98 Å². The maximum Gasteiger partial charge on any atom is 0.224 e. The number of ether oxygens (including phenoxy) is 3. The number of benzene rings is 1. The van der Waals surface area contributed by atoms with E-state index in [0.29, 0.717) is 11.9 Å². The SMILES string of the molecule is CNc1nc([C@H]2CCOC2)cc(N2CC(Oc3ccccc3OC)C2)n1. The average molecular weight is 356 g/mol. The van der Waals surface area contributed by atoms with Gasteiger partial charge in [0.15, 0.2) is 11.5 Å². The van der Waals surface area contributed by atoms with E-state index in [1.165, 1.54) is 0 Å². The fourth-order valence-electron chi connectivity index (χ4n) is 3.30. The van der Waals surface area contributed by atoms with Gasteiger partial charge >= 0.3 is 0 Å². The van der Waals surface area contributed by atoms with Crippen LogP contribution >= 0.6 is 0 Å².